The van der Waals surface area contributed by atoms with E-state index in [0.717, 1.165) is 48.1 Å². The van der Waals surface area contributed by atoms with Crippen LogP contribution in [0.3, 0.4) is 0 Å². The molecule has 206 valence electrons. The van der Waals surface area contributed by atoms with Gasteiger partial charge in [-0.05, 0) is 31.7 Å². The molecule has 1 unspecified atom stereocenters. The van der Waals surface area contributed by atoms with E-state index in [9.17, 15) is 40.3 Å². The monoisotopic (exact) mass is 546 g/mol. The summed E-state index contributed by atoms with van der Waals surface area (Å²) < 4.78 is 97.3. The van der Waals surface area contributed by atoms with E-state index in [4.69, 9.17) is 0 Å². The summed E-state index contributed by atoms with van der Waals surface area (Å²) >= 11 is 0. The van der Waals surface area contributed by atoms with Crippen LogP contribution >= 0.6 is 0 Å². The van der Waals surface area contributed by atoms with Gasteiger partial charge in [0.1, 0.15) is 17.4 Å². The minimum absolute atomic E-state index is 0.0111. The number of anilines is 1. The normalized spacial score (nSPS) is 24.6. The number of hydrogen-bond acceptors (Lipinski definition) is 4. The van der Waals surface area contributed by atoms with Gasteiger partial charge in [-0.3, -0.25) is 9.59 Å². The van der Waals surface area contributed by atoms with Crippen molar-refractivity contribution in [2.45, 2.75) is 49.7 Å². The van der Waals surface area contributed by atoms with Crippen molar-refractivity contribution in [2.75, 3.05) is 25.5 Å². The van der Waals surface area contributed by atoms with Crippen molar-refractivity contribution in [1.82, 2.24) is 14.8 Å². The van der Waals surface area contributed by atoms with Gasteiger partial charge in [0.2, 0.25) is 0 Å². The van der Waals surface area contributed by atoms with Crippen LogP contribution < -0.4 is 16.2 Å². The summed E-state index contributed by atoms with van der Waals surface area (Å²) in [5.74, 6) is -2.31. The Labute approximate surface area is 212 Å². The second kappa shape index (κ2) is 9.58. The average molecular weight is 546 g/mol. The number of piperidine rings is 1. The molecule has 3 aliphatic rings. The predicted molar refractivity (Wildman–Crippen MR) is 123 cm³/mol. The van der Waals surface area contributed by atoms with Crippen LogP contribution in [0.25, 0.3) is 0 Å². The van der Waals surface area contributed by atoms with Gasteiger partial charge in [-0.15, -0.1) is 0 Å². The number of carbonyl (C=O) groups excluding carboxylic acids is 1. The van der Waals surface area contributed by atoms with Crippen LogP contribution in [0.15, 0.2) is 35.3 Å². The van der Waals surface area contributed by atoms with Gasteiger partial charge in [-0.2, -0.15) is 0 Å². The summed E-state index contributed by atoms with van der Waals surface area (Å²) in [6.07, 6.45) is -8.68. The Bertz CT molecular complexity index is 1280. The van der Waals surface area contributed by atoms with Crippen LogP contribution in [-0.2, 0) is 5.54 Å². The molecule has 2 heterocycles. The van der Waals surface area contributed by atoms with Crippen LogP contribution in [-0.4, -0.2) is 54.4 Å². The van der Waals surface area contributed by atoms with Gasteiger partial charge in [0.25, 0.3) is 30.7 Å². The minimum Gasteiger partial charge on any atom is -0.381 e. The van der Waals surface area contributed by atoms with E-state index in [0.29, 0.717) is 0 Å². The number of carbonyl (C=O) groups is 1. The lowest BCUT2D eigenvalue weighted by molar-refractivity contribution is 0.0643. The van der Waals surface area contributed by atoms with Crippen LogP contribution in [0.5, 0.6) is 0 Å². The van der Waals surface area contributed by atoms with Gasteiger partial charge in [0.15, 0.2) is 0 Å². The summed E-state index contributed by atoms with van der Waals surface area (Å²) in [6.45, 7) is 1.53. The number of benzene rings is 1. The maximum absolute atomic E-state index is 14.7. The zero-order valence-electron chi connectivity index (χ0n) is 20.1. The third-order valence-corrected chi connectivity index (χ3v) is 7.81. The molecule has 0 bridgehead atoms. The van der Waals surface area contributed by atoms with Gasteiger partial charge in [0.05, 0.1) is 16.8 Å². The molecule has 2 N–H and O–H groups in total. The van der Waals surface area contributed by atoms with Crippen molar-refractivity contribution in [1.29, 1.82) is 0 Å². The fourth-order valence-corrected chi connectivity index (χ4v) is 5.48. The van der Waals surface area contributed by atoms with Gasteiger partial charge < -0.3 is 20.1 Å². The van der Waals surface area contributed by atoms with E-state index in [1.54, 1.807) is 0 Å². The SMILES string of the molecule is CN1C[C@@H]2C(Nc3cc(=O)n(C4(C(F)F)CC4)cc3C(=O)N[C@H](c3cccc(C(F)F)c3F)C(F)F)[C@@H]2C1. The van der Waals surface area contributed by atoms with Gasteiger partial charge in [0, 0.05) is 37.0 Å². The molecular formula is C25H25F7N4O2. The lowest BCUT2D eigenvalue weighted by Gasteiger charge is -2.24. The van der Waals surface area contributed by atoms with Crippen molar-refractivity contribution in [3.63, 3.8) is 0 Å². The first-order valence-corrected chi connectivity index (χ1v) is 12.1. The Morgan fingerprint density at radius 2 is 1.68 bits per heavy atom. The minimum atomic E-state index is -3.39. The Hall–Kier alpha value is -3.09. The molecule has 1 saturated heterocycles. The fourth-order valence-electron chi connectivity index (χ4n) is 5.48. The molecule has 0 spiro atoms. The molecule has 1 aliphatic heterocycles. The maximum atomic E-state index is 14.7. The van der Waals surface area contributed by atoms with Crippen molar-refractivity contribution < 1.29 is 35.5 Å². The number of hydrogen-bond donors (Lipinski definition) is 2. The lowest BCUT2D eigenvalue weighted by atomic mass is 10.0. The first-order chi connectivity index (χ1) is 17.9. The molecule has 2 saturated carbocycles. The summed E-state index contributed by atoms with van der Waals surface area (Å²) in [5, 5.41) is 5.06. The van der Waals surface area contributed by atoms with Crippen molar-refractivity contribution in [3.8, 4) is 0 Å². The molecule has 2 aliphatic carbocycles. The van der Waals surface area contributed by atoms with E-state index < -0.39 is 59.3 Å². The van der Waals surface area contributed by atoms with Crippen LogP contribution in [0.2, 0.25) is 0 Å². The molecule has 13 heteroatoms. The second-order valence-electron chi connectivity index (χ2n) is 10.3. The zero-order chi connectivity index (χ0) is 27.5. The largest absolute Gasteiger partial charge is 0.381 e. The standard InChI is InChI=1S/C25H25F7N4O2/c1-35-8-13-14(9-35)19(13)33-16-7-17(37)36(25(5-6-25)24(31)32)10-15(16)23(38)34-20(22(29)30)11-3-2-4-12(18(11)26)21(27)28/h2-4,7,10,13-14,19-22,24,33H,5-6,8-9H2,1H3,(H,34,38)/t13-,14+,19?,20-/m1/s1. The molecule has 3 fully saturated rings. The molecule has 6 nitrogen and oxygen atoms in total. The van der Waals surface area contributed by atoms with E-state index in [2.05, 4.69) is 10.2 Å². The van der Waals surface area contributed by atoms with Crippen molar-refractivity contribution in [3.05, 3.63) is 63.3 Å². The first-order valence-electron chi connectivity index (χ1n) is 12.1. The molecule has 1 aromatic carbocycles. The van der Waals surface area contributed by atoms with Crippen molar-refractivity contribution >= 4 is 11.6 Å². The second-order valence-corrected chi connectivity index (χ2v) is 10.3. The highest BCUT2D eigenvalue weighted by molar-refractivity contribution is 5.99. The third kappa shape index (κ3) is 4.54. The van der Waals surface area contributed by atoms with Crippen molar-refractivity contribution in [2.24, 2.45) is 11.8 Å². The molecule has 5 rings (SSSR count). The van der Waals surface area contributed by atoms with E-state index in [1.807, 2.05) is 12.4 Å². The summed E-state index contributed by atoms with van der Waals surface area (Å²) in [6, 6.07) is 1.14. The molecule has 2 aromatic rings. The van der Waals surface area contributed by atoms with Crippen LogP contribution in [0.1, 0.15) is 46.8 Å². The van der Waals surface area contributed by atoms with Gasteiger partial charge >= 0.3 is 0 Å². The maximum Gasteiger partial charge on any atom is 0.266 e. The first kappa shape index (κ1) is 26.5. The number of rotatable bonds is 9. The Morgan fingerprint density at radius 1 is 1.05 bits per heavy atom. The summed E-state index contributed by atoms with van der Waals surface area (Å²) in [4.78, 5) is 28.2. The highest BCUT2D eigenvalue weighted by atomic mass is 19.3. The fraction of sp³-hybridized carbons (Fsp3) is 0.520. The Kier molecular flexibility index (Phi) is 6.69. The number of alkyl halides is 6. The molecule has 0 radical (unpaired) electrons. The summed E-state index contributed by atoms with van der Waals surface area (Å²) in [5.41, 5.74) is -4.91. The molecule has 4 atom stereocenters. The number of nitrogens with zero attached hydrogens (tertiary/aromatic N) is 2. The van der Waals surface area contributed by atoms with E-state index in [-0.39, 0.29) is 42.0 Å². The van der Waals surface area contributed by atoms with Crippen LogP contribution in [0.4, 0.5) is 36.4 Å². The third-order valence-electron chi connectivity index (χ3n) is 7.81. The number of amides is 1. The van der Waals surface area contributed by atoms with E-state index in [1.165, 1.54) is 0 Å². The van der Waals surface area contributed by atoms with Crippen LogP contribution in [0, 0.1) is 17.7 Å². The number of likely N-dealkylation sites (tertiary alicyclic amines) is 1. The summed E-state index contributed by atoms with van der Waals surface area (Å²) in [7, 11) is 1.94. The predicted octanol–water partition coefficient (Wildman–Crippen LogP) is 4.39. The highest BCUT2D eigenvalue weighted by Crippen LogP contribution is 2.49. The van der Waals surface area contributed by atoms with Gasteiger partial charge in [-0.1, -0.05) is 18.2 Å². The Morgan fingerprint density at radius 3 is 2.24 bits per heavy atom. The number of pyridine rings is 1. The highest BCUT2D eigenvalue weighted by Gasteiger charge is 2.56. The molecule has 38 heavy (non-hydrogen) atoms. The molecule has 1 amide bonds. The number of aromatic nitrogens is 1. The number of nitrogens with one attached hydrogen (secondary N) is 2. The topological polar surface area (TPSA) is 66.4 Å². The molecular weight excluding hydrogens is 521 g/mol. The zero-order valence-corrected chi connectivity index (χ0v) is 20.1. The number of halogens is 7. The molecule has 1 aromatic heterocycles. The smallest absolute Gasteiger partial charge is 0.266 e. The van der Waals surface area contributed by atoms with E-state index >= 15 is 0 Å². The lowest BCUT2D eigenvalue weighted by Crippen LogP contribution is -2.39. The number of fused-ring (bicyclic) bond motifs is 1. The quantitative estimate of drug-likeness (QED) is 0.458. The van der Waals surface area contributed by atoms with Gasteiger partial charge in [-0.25, -0.2) is 30.7 Å². The Balaban J connectivity index is 1.50. The average Bonchev–Trinajstić information content (AvgIpc) is 3.73.